The molecule has 0 aliphatic carbocycles. The minimum atomic E-state index is 0.721. The van der Waals surface area contributed by atoms with Crippen LogP contribution in [0.4, 0.5) is 5.69 Å². The lowest BCUT2D eigenvalue weighted by Crippen LogP contribution is -1.99. The van der Waals surface area contributed by atoms with Crippen LogP contribution in [0.1, 0.15) is 5.56 Å². The molecular weight excluding hydrogens is 214 g/mol. The molecule has 0 radical (unpaired) electrons. The molecule has 3 aromatic heterocycles. The van der Waals surface area contributed by atoms with Gasteiger partial charge in [-0.2, -0.15) is 0 Å². The Kier molecular flexibility index (Phi) is 2.42. The maximum atomic E-state index is 4.25. The molecule has 2 N–H and O–H groups in total. The van der Waals surface area contributed by atoms with Gasteiger partial charge in [-0.1, -0.05) is 0 Å². The highest BCUT2D eigenvalue weighted by Gasteiger charge is 2.03. The van der Waals surface area contributed by atoms with E-state index in [-0.39, 0.29) is 0 Å². The van der Waals surface area contributed by atoms with E-state index in [0.717, 1.165) is 23.3 Å². The maximum absolute atomic E-state index is 4.25. The Morgan fingerprint density at radius 3 is 3.00 bits per heavy atom. The molecule has 0 unspecified atom stereocenters. The van der Waals surface area contributed by atoms with E-state index in [1.54, 1.807) is 18.6 Å². The van der Waals surface area contributed by atoms with Crippen LogP contribution in [0.5, 0.6) is 0 Å². The molecule has 0 aliphatic rings. The number of rotatable bonds is 3. The molecule has 84 valence electrons. The molecular formula is C12H11N5. The number of H-pyrrole nitrogens is 1. The Morgan fingerprint density at radius 2 is 2.12 bits per heavy atom. The second-order valence-electron chi connectivity index (χ2n) is 3.69. The lowest BCUT2D eigenvalue weighted by atomic mass is 10.2. The monoisotopic (exact) mass is 225 g/mol. The first-order valence-electron chi connectivity index (χ1n) is 5.33. The zero-order chi connectivity index (χ0) is 11.5. The lowest BCUT2D eigenvalue weighted by molar-refractivity contribution is 1.11. The van der Waals surface area contributed by atoms with Crippen molar-refractivity contribution in [3.8, 4) is 0 Å². The number of hydrogen-bond acceptors (Lipinski definition) is 4. The Labute approximate surface area is 98.0 Å². The third kappa shape index (κ3) is 1.94. The number of aromatic nitrogens is 4. The second-order valence-corrected chi connectivity index (χ2v) is 3.69. The van der Waals surface area contributed by atoms with Crippen molar-refractivity contribution in [2.75, 3.05) is 5.32 Å². The minimum Gasteiger partial charge on any atom is -0.378 e. The van der Waals surface area contributed by atoms with E-state index < -0.39 is 0 Å². The van der Waals surface area contributed by atoms with Crippen LogP contribution in [0.2, 0.25) is 0 Å². The zero-order valence-corrected chi connectivity index (χ0v) is 9.09. The van der Waals surface area contributed by atoms with Gasteiger partial charge in [-0.15, -0.1) is 0 Å². The predicted molar refractivity (Wildman–Crippen MR) is 65.5 cm³/mol. The average Bonchev–Trinajstić information content (AvgIpc) is 2.81. The van der Waals surface area contributed by atoms with E-state index >= 15 is 0 Å². The van der Waals surface area contributed by atoms with E-state index in [9.17, 15) is 0 Å². The van der Waals surface area contributed by atoms with Crippen molar-refractivity contribution in [3.63, 3.8) is 0 Å². The minimum absolute atomic E-state index is 0.721. The van der Waals surface area contributed by atoms with Gasteiger partial charge in [0.25, 0.3) is 0 Å². The van der Waals surface area contributed by atoms with Crippen molar-refractivity contribution in [1.82, 2.24) is 19.9 Å². The number of pyridine rings is 1. The predicted octanol–water partition coefficient (Wildman–Crippen LogP) is 1.96. The fourth-order valence-electron chi connectivity index (χ4n) is 1.75. The number of hydrogen-bond donors (Lipinski definition) is 2. The van der Waals surface area contributed by atoms with Crippen molar-refractivity contribution in [1.29, 1.82) is 0 Å². The van der Waals surface area contributed by atoms with Gasteiger partial charge >= 0.3 is 0 Å². The summed E-state index contributed by atoms with van der Waals surface area (Å²) in [6.07, 6.45) is 8.76. The van der Waals surface area contributed by atoms with Crippen molar-refractivity contribution in [2.45, 2.75) is 6.54 Å². The highest BCUT2D eigenvalue weighted by atomic mass is 14.9. The first-order chi connectivity index (χ1) is 8.43. The van der Waals surface area contributed by atoms with Crippen molar-refractivity contribution in [3.05, 3.63) is 48.8 Å². The molecule has 5 nitrogen and oxygen atoms in total. The molecule has 3 aromatic rings. The Bertz CT molecular complexity index is 617. The number of anilines is 1. The van der Waals surface area contributed by atoms with Gasteiger partial charge in [-0.05, 0) is 17.7 Å². The van der Waals surface area contributed by atoms with Gasteiger partial charge in [-0.3, -0.25) is 0 Å². The molecule has 17 heavy (non-hydrogen) atoms. The Hall–Kier alpha value is -2.43. The third-order valence-electron chi connectivity index (χ3n) is 2.58. The summed E-state index contributed by atoms with van der Waals surface area (Å²) >= 11 is 0. The summed E-state index contributed by atoms with van der Waals surface area (Å²) in [4.78, 5) is 15.3. The summed E-state index contributed by atoms with van der Waals surface area (Å²) in [5.74, 6) is 0. The van der Waals surface area contributed by atoms with Gasteiger partial charge in [0.2, 0.25) is 0 Å². The summed E-state index contributed by atoms with van der Waals surface area (Å²) in [6, 6.07) is 3.99. The van der Waals surface area contributed by atoms with Crippen molar-refractivity contribution < 1.29 is 0 Å². The van der Waals surface area contributed by atoms with Gasteiger partial charge in [0, 0.05) is 24.3 Å². The molecule has 0 bridgehead atoms. The number of fused-ring (bicyclic) bond motifs is 1. The Morgan fingerprint density at radius 1 is 1.24 bits per heavy atom. The first kappa shape index (κ1) is 9.77. The van der Waals surface area contributed by atoms with E-state index in [0.29, 0.717) is 0 Å². The van der Waals surface area contributed by atoms with E-state index in [4.69, 9.17) is 0 Å². The van der Waals surface area contributed by atoms with Gasteiger partial charge in [0.05, 0.1) is 18.1 Å². The Balaban J connectivity index is 1.82. The van der Waals surface area contributed by atoms with E-state index in [2.05, 4.69) is 31.3 Å². The summed E-state index contributed by atoms with van der Waals surface area (Å²) in [5.41, 5.74) is 3.00. The van der Waals surface area contributed by atoms with E-state index in [1.165, 1.54) is 11.9 Å². The van der Waals surface area contributed by atoms with Gasteiger partial charge < -0.3 is 10.3 Å². The van der Waals surface area contributed by atoms with Crippen LogP contribution >= 0.6 is 0 Å². The standard InChI is InChI=1S/C12H11N5/c1-2-11-9(5-17-12(11)15-3-1)4-16-10-6-13-8-14-7-10/h1-3,5-8,16H,4H2,(H,15,17). The molecule has 5 heteroatoms. The third-order valence-corrected chi connectivity index (χ3v) is 2.58. The molecule has 0 aromatic carbocycles. The maximum Gasteiger partial charge on any atom is 0.137 e. The van der Waals surface area contributed by atoms with Crippen LogP contribution in [0.3, 0.4) is 0 Å². The van der Waals surface area contributed by atoms with Gasteiger partial charge in [0.1, 0.15) is 12.0 Å². The number of nitrogens with zero attached hydrogens (tertiary/aromatic N) is 3. The van der Waals surface area contributed by atoms with Crippen LogP contribution in [0.25, 0.3) is 11.0 Å². The molecule has 3 rings (SSSR count). The molecule has 0 fully saturated rings. The van der Waals surface area contributed by atoms with Crippen LogP contribution in [-0.2, 0) is 6.54 Å². The van der Waals surface area contributed by atoms with Crippen LogP contribution in [-0.4, -0.2) is 19.9 Å². The summed E-state index contributed by atoms with van der Waals surface area (Å²) in [5, 5.41) is 4.40. The largest absolute Gasteiger partial charge is 0.378 e. The highest BCUT2D eigenvalue weighted by molar-refractivity contribution is 5.79. The molecule has 0 spiro atoms. The lowest BCUT2D eigenvalue weighted by Gasteiger charge is -2.03. The fourth-order valence-corrected chi connectivity index (χ4v) is 1.75. The van der Waals surface area contributed by atoms with Crippen LogP contribution in [0, 0.1) is 0 Å². The van der Waals surface area contributed by atoms with Gasteiger partial charge in [0.15, 0.2) is 0 Å². The fraction of sp³-hybridized carbons (Fsp3) is 0.0833. The highest BCUT2D eigenvalue weighted by Crippen LogP contribution is 2.16. The first-order valence-corrected chi connectivity index (χ1v) is 5.33. The van der Waals surface area contributed by atoms with Gasteiger partial charge in [-0.25, -0.2) is 15.0 Å². The summed E-state index contributed by atoms with van der Waals surface area (Å²) < 4.78 is 0. The summed E-state index contributed by atoms with van der Waals surface area (Å²) in [7, 11) is 0. The average molecular weight is 225 g/mol. The van der Waals surface area contributed by atoms with Crippen LogP contribution < -0.4 is 5.32 Å². The smallest absolute Gasteiger partial charge is 0.137 e. The molecule has 0 atom stereocenters. The SMILES string of the molecule is c1cnc2[nH]cc(CNc3cncnc3)c2c1. The van der Waals surface area contributed by atoms with Crippen molar-refractivity contribution in [2.24, 2.45) is 0 Å². The van der Waals surface area contributed by atoms with Crippen LogP contribution in [0.15, 0.2) is 43.2 Å². The number of aromatic amines is 1. The second kappa shape index (κ2) is 4.21. The normalized spacial score (nSPS) is 10.6. The molecule has 0 amide bonds. The number of nitrogens with one attached hydrogen (secondary N) is 2. The molecule has 0 saturated heterocycles. The van der Waals surface area contributed by atoms with E-state index in [1.807, 2.05) is 12.3 Å². The van der Waals surface area contributed by atoms with Crippen molar-refractivity contribution >= 4 is 16.7 Å². The topological polar surface area (TPSA) is 66.5 Å². The molecule has 0 saturated carbocycles. The zero-order valence-electron chi connectivity index (χ0n) is 9.09. The molecule has 3 heterocycles. The quantitative estimate of drug-likeness (QED) is 0.715. The molecule has 0 aliphatic heterocycles. The summed E-state index contributed by atoms with van der Waals surface area (Å²) in [6.45, 7) is 0.721.